The Labute approximate surface area is 131 Å². The molecule has 0 atom stereocenters. The van der Waals surface area contributed by atoms with Gasteiger partial charge in [0.15, 0.2) is 0 Å². The van der Waals surface area contributed by atoms with E-state index in [0.717, 1.165) is 31.4 Å². The van der Waals surface area contributed by atoms with Gasteiger partial charge in [-0.25, -0.2) is 4.98 Å². The van der Waals surface area contributed by atoms with Crippen LogP contribution < -0.4 is 0 Å². The average molecular weight is 304 g/mol. The van der Waals surface area contributed by atoms with Gasteiger partial charge in [-0.3, -0.25) is 4.90 Å². The minimum atomic E-state index is 0.712. The summed E-state index contributed by atoms with van der Waals surface area (Å²) in [5.74, 6) is 1.87. The van der Waals surface area contributed by atoms with Gasteiger partial charge in [-0.1, -0.05) is 41.9 Å². The van der Waals surface area contributed by atoms with Crippen molar-refractivity contribution in [2.75, 3.05) is 13.1 Å². The summed E-state index contributed by atoms with van der Waals surface area (Å²) < 4.78 is 1.97. The van der Waals surface area contributed by atoms with E-state index in [1.165, 1.54) is 24.8 Å². The van der Waals surface area contributed by atoms with Crippen LogP contribution in [0.3, 0.4) is 0 Å². The van der Waals surface area contributed by atoms with Crippen LogP contribution in [0.15, 0.2) is 36.5 Å². The van der Waals surface area contributed by atoms with Crippen LogP contribution in [-0.4, -0.2) is 27.5 Å². The summed E-state index contributed by atoms with van der Waals surface area (Å²) in [4.78, 5) is 6.87. The minimum Gasteiger partial charge on any atom is -0.321 e. The summed E-state index contributed by atoms with van der Waals surface area (Å²) in [6.45, 7) is 3.21. The molecule has 0 spiro atoms. The zero-order chi connectivity index (χ0) is 14.7. The van der Waals surface area contributed by atoms with E-state index >= 15 is 0 Å². The first kappa shape index (κ1) is 14.6. The Morgan fingerprint density at radius 2 is 1.90 bits per heavy atom. The number of likely N-dealkylation sites (tertiary alicyclic amines) is 1. The van der Waals surface area contributed by atoms with E-state index in [9.17, 15) is 0 Å². The number of aromatic nitrogens is 2. The van der Waals surface area contributed by atoms with Gasteiger partial charge in [-0.2, -0.15) is 0 Å². The van der Waals surface area contributed by atoms with Gasteiger partial charge in [0, 0.05) is 7.05 Å². The maximum atomic E-state index is 6.04. The zero-order valence-electron chi connectivity index (χ0n) is 12.5. The van der Waals surface area contributed by atoms with Crippen molar-refractivity contribution in [1.82, 2.24) is 14.5 Å². The maximum Gasteiger partial charge on any atom is 0.128 e. The number of hydrogen-bond donors (Lipinski definition) is 0. The van der Waals surface area contributed by atoms with Crippen LogP contribution in [0.1, 0.15) is 24.2 Å². The van der Waals surface area contributed by atoms with E-state index in [0.29, 0.717) is 5.15 Å². The van der Waals surface area contributed by atoms with E-state index < -0.39 is 0 Å². The summed E-state index contributed by atoms with van der Waals surface area (Å²) in [6, 6.07) is 10.8. The molecule has 0 N–H and O–H groups in total. The Balaban J connectivity index is 1.50. The van der Waals surface area contributed by atoms with Gasteiger partial charge < -0.3 is 4.57 Å². The van der Waals surface area contributed by atoms with Crippen molar-refractivity contribution >= 4 is 11.6 Å². The Kier molecular flexibility index (Phi) is 4.61. The van der Waals surface area contributed by atoms with Crippen molar-refractivity contribution in [3.8, 4) is 0 Å². The fraction of sp³-hybridized carbons (Fsp3) is 0.471. The molecule has 1 aromatic heterocycles. The van der Waals surface area contributed by atoms with Gasteiger partial charge in [0.2, 0.25) is 0 Å². The molecule has 3 rings (SSSR count). The molecule has 112 valence electrons. The molecule has 1 fully saturated rings. The standard InChI is InChI=1S/C17H22ClN3/c1-20-16(18)12-19-17(20)13-21-9-7-15(8-10-21)11-14-5-3-2-4-6-14/h2-6,12,15H,7-11,13H2,1H3. The third kappa shape index (κ3) is 3.66. The highest BCUT2D eigenvalue weighted by atomic mass is 35.5. The lowest BCUT2D eigenvalue weighted by atomic mass is 9.90. The summed E-state index contributed by atoms with van der Waals surface area (Å²) in [7, 11) is 1.98. The highest BCUT2D eigenvalue weighted by Crippen LogP contribution is 2.23. The average Bonchev–Trinajstić information content (AvgIpc) is 2.82. The smallest absolute Gasteiger partial charge is 0.128 e. The number of piperidine rings is 1. The van der Waals surface area contributed by atoms with Crippen LogP contribution >= 0.6 is 11.6 Å². The molecule has 1 aliphatic rings. The van der Waals surface area contributed by atoms with Gasteiger partial charge in [0.25, 0.3) is 0 Å². The zero-order valence-corrected chi connectivity index (χ0v) is 13.3. The molecule has 2 heterocycles. The van der Waals surface area contributed by atoms with E-state index in [4.69, 9.17) is 11.6 Å². The number of nitrogens with zero attached hydrogens (tertiary/aromatic N) is 3. The first-order valence-electron chi connectivity index (χ1n) is 7.65. The quantitative estimate of drug-likeness (QED) is 0.861. The monoisotopic (exact) mass is 303 g/mol. The highest BCUT2D eigenvalue weighted by Gasteiger charge is 2.20. The number of hydrogen-bond acceptors (Lipinski definition) is 2. The van der Waals surface area contributed by atoms with Crippen molar-refractivity contribution in [3.63, 3.8) is 0 Å². The van der Waals surface area contributed by atoms with Crippen LogP contribution in [0, 0.1) is 5.92 Å². The lowest BCUT2D eigenvalue weighted by molar-refractivity contribution is 0.172. The fourth-order valence-corrected chi connectivity index (χ4v) is 3.21. The maximum absolute atomic E-state index is 6.04. The Morgan fingerprint density at radius 3 is 2.52 bits per heavy atom. The summed E-state index contributed by atoms with van der Waals surface area (Å²) in [5, 5.41) is 0.712. The molecular weight excluding hydrogens is 282 g/mol. The van der Waals surface area contributed by atoms with Crippen molar-refractivity contribution in [1.29, 1.82) is 0 Å². The molecular formula is C17H22ClN3. The number of halogens is 1. The van der Waals surface area contributed by atoms with E-state index in [-0.39, 0.29) is 0 Å². The molecule has 1 saturated heterocycles. The molecule has 1 aliphatic heterocycles. The lowest BCUT2D eigenvalue weighted by Crippen LogP contribution is -2.34. The minimum absolute atomic E-state index is 0.712. The lowest BCUT2D eigenvalue weighted by Gasteiger charge is -2.31. The number of benzene rings is 1. The van der Waals surface area contributed by atoms with Crippen molar-refractivity contribution in [2.45, 2.75) is 25.8 Å². The first-order chi connectivity index (χ1) is 10.2. The number of rotatable bonds is 4. The number of imidazole rings is 1. The van der Waals surface area contributed by atoms with Crippen LogP contribution in [0.25, 0.3) is 0 Å². The van der Waals surface area contributed by atoms with Crippen molar-refractivity contribution < 1.29 is 0 Å². The molecule has 4 heteroatoms. The summed E-state index contributed by atoms with van der Waals surface area (Å²) in [6.07, 6.45) is 5.49. The topological polar surface area (TPSA) is 21.1 Å². The van der Waals surface area contributed by atoms with Crippen LogP contribution in [0.5, 0.6) is 0 Å². The molecule has 3 nitrogen and oxygen atoms in total. The van der Waals surface area contributed by atoms with Gasteiger partial charge in [0.05, 0.1) is 12.7 Å². The van der Waals surface area contributed by atoms with Crippen molar-refractivity contribution in [3.05, 3.63) is 53.1 Å². The predicted molar refractivity (Wildman–Crippen MR) is 86.4 cm³/mol. The normalized spacial score (nSPS) is 17.2. The van der Waals surface area contributed by atoms with Gasteiger partial charge in [0.1, 0.15) is 11.0 Å². The third-order valence-electron chi connectivity index (χ3n) is 4.47. The molecule has 0 aliphatic carbocycles. The van der Waals surface area contributed by atoms with E-state index in [1.54, 1.807) is 6.20 Å². The second-order valence-electron chi connectivity index (χ2n) is 5.97. The van der Waals surface area contributed by atoms with E-state index in [1.807, 2.05) is 11.6 Å². The summed E-state index contributed by atoms with van der Waals surface area (Å²) in [5.41, 5.74) is 1.46. The third-order valence-corrected chi connectivity index (χ3v) is 4.82. The second kappa shape index (κ2) is 6.63. The first-order valence-corrected chi connectivity index (χ1v) is 8.02. The molecule has 0 bridgehead atoms. The Morgan fingerprint density at radius 1 is 1.19 bits per heavy atom. The molecule has 0 amide bonds. The molecule has 0 radical (unpaired) electrons. The second-order valence-corrected chi connectivity index (χ2v) is 6.35. The molecule has 0 unspecified atom stereocenters. The van der Waals surface area contributed by atoms with Crippen molar-refractivity contribution in [2.24, 2.45) is 13.0 Å². The fourth-order valence-electron chi connectivity index (χ4n) is 3.07. The summed E-state index contributed by atoms with van der Waals surface area (Å²) >= 11 is 6.04. The molecule has 21 heavy (non-hydrogen) atoms. The van der Waals surface area contributed by atoms with Crippen LogP contribution in [0.4, 0.5) is 0 Å². The predicted octanol–water partition coefficient (Wildman–Crippen LogP) is 3.53. The van der Waals surface area contributed by atoms with E-state index in [2.05, 4.69) is 40.2 Å². The van der Waals surface area contributed by atoms with Crippen LogP contribution in [-0.2, 0) is 20.0 Å². The van der Waals surface area contributed by atoms with Gasteiger partial charge in [-0.15, -0.1) is 0 Å². The molecule has 2 aromatic rings. The largest absolute Gasteiger partial charge is 0.321 e. The molecule has 1 aromatic carbocycles. The highest BCUT2D eigenvalue weighted by molar-refractivity contribution is 6.29. The van der Waals surface area contributed by atoms with Crippen LogP contribution in [0.2, 0.25) is 5.15 Å². The van der Waals surface area contributed by atoms with Gasteiger partial charge in [-0.05, 0) is 43.8 Å². The molecule has 0 saturated carbocycles. The Bertz CT molecular complexity index is 571. The Hall–Kier alpha value is -1.32. The van der Waals surface area contributed by atoms with Gasteiger partial charge >= 0.3 is 0 Å². The SMILES string of the molecule is Cn1c(Cl)cnc1CN1CCC(Cc2ccccc2)CC1.